The molecule has 0 bridgehead atoms. The van der Waals surface area contributed by atoms with Gasteiger partial charge < -0.3 is 31.2 Å². The Labute approximate surface area is 214 Å². The molecule has 2 amide bonds. The van der Waals surface area contributed by atoms with Crippen molar-refractivity contribution in [2.24, 2.45) is 11.7 Å². The summed E-state index contributed by atoms with van der Waals surface area (Å²) < 4.78 is 65.1. The van der Waals surface area contributed by atoms with Gasteiger partial charge >= 0.3 is 6.09 Å². The lowest BCUT2D eigenvalue weighted by Crippen LogP contribution is -2.51. The molecule has 210 valence electrons. The number of alkyl halides is 4. The van der Waals surface area contributed by atoms with Crippen LogP contribution in [0.3, 0.4) is 0 Å². The highest BCUT2D eigenvalue weighted by Gasteiger charge is 2.41. The van der Waals surface area contributed by atoms with Gasteiger partial charge in [-0.05, 0) is 57.2 Å². The van der Waals surface area contributed by atoms with Gasteiger partial charge in [0.15, 0.2) is 0 Å². The van der Waals surface area contributed by atoms with Crippen LogP contribution < -0.4 is 21.7 Å². The molecule has 1 aliphatic rings. The van der Waals surface area contributed by atoms with Crippen molar-refractivity contribution in [3.05, 3.63) is 23.9 Å². The van der Waals surface area contributed by atoms with Gasteiger partial charge in [-0.1, -0.05) is 0 Å². The maximum atomic E-state index is 13.7. The van der Waals surface area contributed by atoms with E-state index in [9.17, 15) is 27.2 Å². The second-order valence-corrected chi connectivity index (χ2v) is 10.2. The summed E-state index contributed by atoms with van der Waals surface area (Å²) in [6, 6.07) is 1.26. The van der Waals surface area contributed by atoms with E-state index in [2.05, 4.69) is 20.9 Å². The Kier molecular flexibility index (Phi) is 10.7. The molecule has 0 saturated heterocycles. The van der Waals surface area contributed by atoms with Crippen molar-refractivity contribution in [2.75, 3.05) is 32.1 Å². The molecular weight excluding hydrogens is 498 g/mol. The van der Waals surface area contributed by atoms with Crippen molar-refractivity contribution in [1.82, 2.24) is 15.6 Å². The molecule has 1 saturated carbocycles. The minimum absolute atomic E-state index is 0.0313. The molecule has 1 heterocycles. The highest BCUT2D eigenvalue weighted by Crippen LogP contribution is 2.37. The Morgan fingerprint density at radius 2 is 1.89 bits per heavy atom. The third-order valence-electron chi connectivity index (χ3n) is 5.86. The molecule has 5 N–H and O–H groups in total. The highest BCUT2D eigenvalue weighted by molar-refractivity contribution is 5.96. The second kappa shape index (κ2) is 12.8. The van der Waals surface area contributed by atoms with Gasteiger partial charge in [-0.25, -0.2) is 27.3 Å². The Bertz CT molecular complexity index is 903. The summed E-state index contributed by atoms with van der Waals surface area (Å²) in [6.07, 6.45) is -0.204. The summed E-state index contributed by atoms with van der Waals surface area (Å²) in [5.74, 6) is -7.04. The van der Waals surface area contributed by atoms with E-state index < -0.39 is 73.4 Å². The number of anilines is 1. The van der Waals surface area contributed by atoms with E-state index in [1.807, 2.05) is 0 Å². The van der Waals surface area contributed by atoms with Crippen LogP contribution in [0.15, 0.2) is 18.3 Å². The first-order valence-corrected chi connectivity index (χ1v) is 12.1. The molecular formula is C24H37F4N5O4. The lowest BCUT2D eigenvalue weighted by atomic mass is 9.81. The number of amides is 2. The lowest BCUT2D eigenvalue weighted by Gasteiger charge is -2.33. The van der Waals surface area contributed by atoms with Crippen LogP contribution in [0.4, 0.5) is 28.2 Å². The maximum Gasteiger partial charge on any atom is 0.408 e. The predicted octanol–water partition coefficient (Wildman–Crippen LogP) is 3.61. The van der Waals surface area contributed by atoms with Gasteiger partial charge in [0.05, 0.1) is 25.7 Å². The van der Waals surface area contributed by atoms with E-state index in [0.29, 0.717) is 5.56 Å². The molecule has 1 unspecified atom stereocenters. The predicted molar refractivity (Wildman–Crippen MR) is 130 cm³/mol. The maximum absolute atomic E-state index is 13.7. The molecule has 2 rings (SSSR count). The average molecular weight is 536 g/mol. The number of hydrogen-bond donors (Lipinski definition) is 4. The average Bonchev–Trinajstić information content (AvgIpc) is 2.79. The monoisotopic (exact) mass is 535 g/mol. The van der Waals surface area contributed by atoms with E-state index in [1.54, 1.807) is 26.8 Å². The number of nitrogens with two attached hydrogens (primary N) is 1. The summed E-state index contributed by atoms with van der Waals surface area (Å²) in [5, 5.41) is 7.82. The van der Waals surface area contributed by atoms with Crippen molar-refractivity contribution in [3.8, 4) is 0 Å². The molecule has 9 nitrogen and oxygen atoms in total. The fraction of sp³-hybridized carbons (Fsp3) is 0.708. The number of halogens is 4. The van der Waals surface area contributed by atoms with Gasteiger partial charge in [-0.15, -0.1) is 0 Å². The zero-order valence-corrected chi connectivity index (χ0v) is 21.6. The number of alkyl carbamates (subject to hydrolysis) is 1. The minimum Gasteiger partial charge on any atom is -0.444 e. The zero-order valence-electron chi connectivity index (χ0n) is 21.6. The van der Waals surface area contributed by atoms with E-state index in [4.69, 9.17) is 15.2 Å². The number of nitrogens with zero attached hydrogens (tertiary/aromatic N) is 1. The minimum atomic E-state index is -3.12. The van der Waals surface area contributed by atoms with Crippen molar-refractivity contribution >= 4 is 17.8 Å². The number of hydrogen-bond acceptors (Lipinski definition) is 7. The van der Waals surface area contributed by atoms with E-state index in [0.717, 1.165) is 0 Å². The molecule has 0 aromatic carbocycles. The van der Waals surface area contributed by atoms with Crippen LogP contribution in [-0.2, 0) is 14.3 Å². The molecule has 2 atom stereocenters. The smallest absolute Gasteiger partial charge is 0.408 e. The number of carbonyl (C=O) groups is 2. The van der Waals surface area contributed by atoms with Crippen LogP contribution in [0.1, 0.15) is 58.1 Å². The van der Waals surface area contributed by atoms with Crippen molar-refractivity contribution in [1.29, 1.82) is 0 Å². The topological polar surface area (TPSA) is 128 Å². The van der Waals surface area contributed by atoms with Gasteiger partial charge in [0.2, 0.25) is 11.8 Å². The fourth-order valence-electron chi connectivity index (χ4n) is 3.95. The standard InChI is InChI=1S/C24H37F4N5O4/c1-22(2,3)37-21(35)33-19(15-5-8-23(25,26)9-6-15)20(34)32-18-11-16(7-10-30-18)17(12-36-4)31-14-24(27,28)13-29/h7,10-11,15,17,19,31H,5-6,8-9,12-14,29H2,1-4H3,(H,33,35)(H,30,32,34)/t17?,19-/m0/s1. The number of carbonyl (C=O) groups excluding carboxylic acids is 2. The lowest BCUT2D eigenvalue weighted by molar-refractivity contribution is -0.121. The molecule has 0 aliphatic heterocycles. The number of nitrogens with one attached hydrogen (secondary N) is 3. The van der Waals surface area contributed by atoms with Crippen LogP contribution in [0.5, 0.6) is 0 Å². The highest BCUT2D eigenvalue weighted by atomic mass is 19.3. The molecule has 1 aliphatic carbocycles. The molecule has 0 spiro atoms. The van der Waals surface area contributed by atoms with Gasteiger partial charge in [-0.3, -0.25) is 4.79 Å². The number of rotatable bonds is 11. The Balaban J connectivity index is 2.19. The Hall–Kier alpha value is -2.51. The van der Waals surface area contributed by atoms with Crippen LogP contribution in [0.25, 0.3) is 0 Å². The first-order valence-electron chi connectivity index (χ1n) is 12.1. The van der Waals surface area contributed by atoms with Crippen molar-refractivity contribution in [2.45, 2.75) is 76.0 Å². The molecule has 37 heavy (non-hydrogen) atoms. The largest absolute Gasteiger partial charge is 0.444 e. The van der Waals surface area contributed by atoms with Gasteiger partial charge in [-0.2, -0.15) is 0 Å². The normalized spacial score (nSPS) is 18.1. The number of methoxy groups -OCH3 is 1. The fourth-order valence-corrected chi connectivity index (χ4v) is 3.95. The first kappa shape index (κ1) is 30.7. The second-order valence-electron chi connectivity index (χ2n) is 10.2. The zero-order chi connectivity index (χ0) is 27.9. The van der Waals surface area contributed by atoms with Crippen LogP contribution in [-0.4, -0.2) is 67.3 Å². The third-order valence-corrected chi connectivity index (χ3v) is 5.86. The van der Waals surface area contributed by atoms with Crippen molar-refractivity contribution < 1.29 is 36.6 Å². The van der Waals surface area contributed by atoms with Gasteiger partial charge in [0.1, 0.15) is 17.5 Å². The molecule has 1 aromatic heterocycles. The molecule has 0 radical (unpaired) electrons. The summed E-state index contributed by atoms with van der Waals surface area (Å²) in [4.78, 5) is 29.7. The van der Waals surface area contributed by atoms with Gasteiger partial charge in [0, 0.05) is 26.1 Å². The number of aromatic nitrogens is 1. The SMILES string of the molecule is COCC(NCC(F)(F)CN)c1ccnc(NC(=O)[C@@H](NC(=O)OC(C)(C)C)C2CCC(F)(F)CC2)c1. The third kappa shape index (κ3) is 10.4. The summed E-state index contributed by atoms with van der Waals surface area (Å²) in [7, 11) is 1.42. The Morgan fingerprint density at radius 1 is 1.24 bits per heavy atom. The summed E-state index contributed by atoms with van der Waals surface area (Å²) in [5.41, 5.74) is 4.78. The van der Waals surface area contributed by atoms with E-state index in [1.165, 1.54) is 19.4 Å². The first-order chi connectivity index (χ1) is 17.1. The van der Waals surface area contributed by atoms with E-state index >= 15 is 0 Å². The van der Waals surface area contributed by atoms with Crippen molar-refractivity contribution in [3.63, 3.8) is 0 Å². The molecule has 1 aromatic rings. The number of pyridine rings is 1. The Morgan fingerprint density at radius 3 is 2.46 bits per heavy atom. The molecule has 13 heteroatoms. The summed E-state index contributed by atoms with van der Waals surface area (Å²) in [6.45, 7) is 3.52. The van der Waals surface area contributed by atoms with Crippen LogP contribution >= 0.6 is 0 Å². The van der Waals surface area contributed by atoms with Crippen LogP contribution in [0, 0.1) is 5.92 Å². The van der Waals surface area contributed by atoms with Crippen LogP contribution in [0.2, 0.25) is 0 Å². The van der Waals surface area contributed by atoms with Gasteiger partial charge in [0.25, 0.3) is 5.92 Å². The molecule has 1 fully saturated rings. The quantitative estimate of drug-likeness (QED) is 0.319. The number of ether oxygens (including phenoxy) is 2. The van der Waals surface area contributed by atoms with E-state index in [-0.39, 0.29) is 25.3 Å². The summed E-state index contributed by atoms with van der Waals surface area (Å²) >= 11 is 0.